The van der Waals surface area contributed by atoms with E-state index in [0.717, 1.165) is 0 Å². The van der Waals surface area contributed by atoms with E-state index in [1.54, 1.807) is 0 Å². The van der Waals surface area contributed by atoms with Gasteiger partial charge in [-0.2, -0.15) is 13.6 Å². The molecule has 0 aromatic carbocycles. The average Bonchev–Trinajstić information content (AvgIpc) is 2.43. The van der Waals surface area contributed by atoms with Crippen molar-refractivity contribution in [2.75, 3.05) is 5.75 Å². The molecule has 0 atom stereocenters. The first-order valence-corrected chi connectivity index (χ1v) is 6.25. The van der Waals surface area contributed by atoms with Crippen LogP contribution in [0.4, 0.5) is 0 Å². The molecule has 18 heavy (non-hydrogen) atoms. The lowest BCUT2D eigenvalue weighted by atomic mass is 10.3. The molecule has 1 fully saturated rings. The van der Waals surface area contributed by atoms with Crippen molar-refractivity contribution < 1.29 is 42.3 Å². The monoisotopic (exact) mass is 280 g/mol. The van der Waals surface area contributed by atoms with Crippen LogP contribution in [0, 0.1) is 0 Å². The van der Waals surface area contributed by atoms with Crippen molar-refractivity contribution in [1.82, 2.24) is 0 Å². The Kier molecular flexibility index (Phi) is 3.67. The number of imide groups is 1. The van der Waals surface area contributed by atoms with E-state index in [9.17, 15) is 28.0 Å². The fraction of sp³-hybridized carbons (Fsp3) is 0.375. The summed E-state index contributed by atoms with van der Waals surface area (Å²) in [5.74, 6) is -5.02. The van der Waals surface area contributed by atoms with Crippen molar-refractivity contribution in [1.29, 1.82) is 0 Å². The highest BCUT2D eigenvalue weighted by molar-refractivity contribution is 7.86. The van der Waals surface area contributed by atoms with Gasteiger partial charge in [-0.15, -0.1) is 0 Å². The fourth-order valence-electron chi connectivity index (χ4n) is 1.41. The molecule has 9 nitrogen and oxygen atoms in total. The van der Waals surface area contributed by atoms with Gasteiger partial charge in [0.05, 0.1) is 12.8 Å². The van der Waals surface area contributed by atoms with Gasteiger partial charge in [-0.05, 0) is 4.65 Å². The molecular weight excluding hydrogens is 270 g/mol. The molecular formula is C8H10NO8S+. The maximum atomic E-state index is 11.3. The standard InChI is InChI=1S/C8H9NO8S/c10-6-1-2-7(11)9(6,14)3-5(8(12)13)4-18(15,16)17/h3,14H,1-2,4H2,(H-,12,13,15,16,17)/p+1. The number of hydrogen-bond acceptors (Lipinski definition) is 6. The number of likely N-dealkylation sites (tertiary alicyclic amines) is 1. The van der Waals surface area contributed by atoms with E-state index < -0.39 is 43.9 Å². The van der Waals surface area contributed by atoms with Crippen molar-refractivity contribution in [2.45, 2.75) is 12.8 Å². The van der Waals surface area contributed by atoms with Crippen LogP contribution in [0.5, 0.6) is 0 Å². The summed E-state index contributed by atoms with van der Waals surface area (Å²) in [7, 11) is -4.66. The first-order valence-electron chi connectivity index (χ1n) is 4.65. The van der Waals surface area contributed by atoms with Crippen LogP contribution < -0.4 is 0 Å². The van der Waals surface area contributed by atoms with E-state index in [0.29, 0.717) is 6.20 Å². The normalized spacial score (nSPS) is 20.2. The third kappa shape index (κ3) is 2.98. The highest BCUT2D eigenvalue weighted by Gasteiger charge is 2.49. The second-order valence-electron chi connectivity index (χ2n) is 3.66. The Morgan fingerprint density at radius 1 is 1.28 bits per heavy atom. The second kappa shape index (κ2) is 4.57. The summed E-state index contributed by atoms with van der Waals surface area (Å²) < 4.78 is 27.8. The van der Waals surface area contributed by atoms with Crippen LogP contribution >= 0.6 is 0 Å². The van der Waals surface area contributed by atoms with Gasteiger partial charge in [-0.3, -0.25) is 4.55 Å². The third-order valence-corrected chi connectivity index (χ3v) is 2.94. The number of amides is 2. The lowest BCUT2D eigenvalue weighted by molar-refractivity contribution is -0.928. The summed E-state index contributed by atoms with van der Waals surface area (Å²) in [5, 5.41) is 18.4. The molecule has 0 saturated carbocycles. The number of nitrogens with zero attached hydrogens (tertiary/aromatic N) is 1. The minimum Gasteiger partial charge on any atom is -0.478 e. The summed E-state index contributed by atoms with van der Waals surface area (Å²) in [6.45, 7) is 0. The van der Waals surface area contributed by atoms with Gasteiger partial charge in [0, 0.05) is 0 Å². The topological polar surface area (TPSA) is 146 Å². The number of hydrogen-bond donors (Lipinski definition) is 3. The van der Waals surface area contributed by atoms with Crippen molar-refractivity contribution in [3.05, 3.63) is 11.8 Å². The van der Waals surface area contributed by atoms with Crippen LogP contribution in [-0.2, 0) is 24.5 Å². The Bertz CT molecular complexity index is 529. The molecule has 0 bridgehead atoms. The van der Waals surface area contributed by atoms with Gasteiger partial charge < -0.3 is 5.11 Å². The molecule has 0 aliphatic carbocycles. The zero-order chi connectivity index (χ0) is 14.1. The highest BCUT2D eigenvalue weighted by atomic mass is 32.2. The van der Waals surface area contributed by atoms with Crippen molar-refractivity contribution in [2.24, 2.45) is 0 Å². The Labute approximate surface area is 101 Å². The summed E-state index contributed by atoms with van der Waals surface area (Å²) in [4.78, 5) is 33.3. The first kappa shape index (κ1) is 14.4. The molecule has 0 aromatic rings. The van der Waals surface area contributed by atoms with Crippen LogP contribution in [0.15, 0.2) is 11.8 Å². The van der Waals surface area contributed by atoms with Gasteiger partial charge in [0.25, 0.3) is 10.1 Å². The molecule has 1 aliphatic heterocycles. The minimum atomic E-state index is -4.66. The Balaban J connectivity index is 3.21. The molecule has 1 rings (SSSR count). The average molecular weight is 280 g/mol. The van der Waals surface area contributed by atoms with Gasteiger partial charge in [-0.25, -0.2) is 14.4 Å². The molecule has 1 heterocycles. The number of aliphatic carboxylic acids is 1. The van der Waals surface area contributed by atoms with E-state index in [1.165, 1.54) is 0 Å². The smallest absolute Gasteiger partial charge is 0.358 e. The van der Waals surface area contributed by atoms with Crippen molar-refractivity contribution >= 4 is 27.9 Å². The zero-order valence-electron chi connectivity index (χ0n) is 8.94. The second-order valence-corrected chi connectivity index (χ2v) is 5.11. The third-order valence-electron chi connectivity index (χ3n) is 2.27. The summed E-state index contributed by atoms with van der Waals surface area (Å²) in [6, 6.07) is 0. The molecule has 1 saturated heterocycles. The van der Waals surface area contributed by atoms with Gasteiger partial charge >= 0.3 is 17.8 Å². The first-order chi connectivity index (χ1) is 8.06. The molecule has 10 heteroatoms. The Morgan fingerprint density at radius 2 is 1.72 bits per heavy atom. The Hall–Kier alpha value is -1.62. The maximum Gasteiger partial charge on any atom is 0.358 e. The lowest BCUT2D eigenvalue weighted by Crippen LogP contribution is -2.45. The number of carboxylic acid groups (broad SMARTS) is 1. The Morgan fingerprint density at radius 3 is 2.06 bits per heavy atom. The molecule has 0 spiro atoms. The van der Waals surface area contributed by atoms with Gasteiger partial charge in [0.2, 0.25) is 0 Å². The molecule has 0 radical (unpaired) electrons. The number of rotatable bonds is 4. The molecule has 0 aromatic heterocycles. The van der Waals surface area contributed by atoms with Gasteiger partial charge in [-0.1, -0.05) is 0 Å². The number of carboxylic acids is 1. The van der Waals surface area contributed by atoms with E-state index in [2.05, 4.69) is 0 Å². The van der Waals surface area contributed by atoms with Crippen molar-refractivity contribution in [3.8, 4) is 0 Å². The summed E-state index contributed by atoms with van der Waals surface area (Å²) >= 11 is 0. The maximum absolute atomic E-state index is 11.3. The molecule has 3 N–H and O–H groups in total. The van der Waals surface area contributed by atoms with E-state index in [-0.39, 0.29) is 12.8 Å². The number of quaternary nitrogens is 1. The van der Waals surface area contributed by atoms with Crippen molar-refractivity contribution in [3.63, 3.8) is 0 Å². The largest absolute Gasteiger partial charge is 0.478 e. The predicted molar refractivity (Wildman–Crippen MR) is 53.4 cm³/mol. The van der Waals surface area contributed by atoms with Crippen LogP contribution in [0.2, 0.25) is 0 Å². The highest BCUT2D eigenvalue weighted by Crippen LogP contribution is 2.22. The van der Waals surface area contributed by atoms with Crippen LogP contribution in [0.1, 0.15) is 12.8 Å². The van der Waals surface area contributed by atoms with Gasteiger partial charge in [0.15, 0.2) is 6.20 Å². The summed E-state index contributed by atoms with van der Waals surface area (Å²) in [5.41, 5.74) is -0.969. The SMILES string of the molecule is O=C(O)C(=C[N+]1(O)C(=O)CCC1=O)CS(=O)(=O)O. The zero-order valence-corrected chi connectivity index (χ0v) is 9.75. The number of carbonyl (C=O) groups excluding carboxylic acids is 2. The molecule has 1 aliphatic rings. The minimum absolute atomic E-state index is 0.273. The fourth-order valence-corrected chi connectivity index (χ4v) is 2.01. The summed E-state index contributed by atoms with van der Waals surface area (Å²) in [6.07, 6.45) is -0.233. The van der Waals surface area contributed by atoms with E-state index >= 15 is 0 Å². The van der Waals surface area contributed by atoms with Crippen LogP contribution in [0.3, 0.4) is 0 Å². The van der Waals surface area contributed by atoms with Crippen LogP contribution in [0.25, 0.3) is 0 Å². The molecule has 2 amide bonds. The van der Waals surface area contributed by atoms with E-state index in [4.69, 9.17) is 9.66 Å². The van der Waals surface area contributed by atoms with Crippen LogP contribution in [-0.4, -0.2) is 51.5 Å². The molecule has 100 valence electrons. The number of hydroxylamine groups is 3. The number of carbonyl (C=O) groups is 3. The van der Waals surface area contributed by atoms with E-state index in [1.807, 2.05) is 0 Å². The lowest BCUT2D eigenvalue weighted by Gasteiger charge is -2.14. The molecule has 0 unspecified atom stereocenters. The van der Waals surface area contributed by atoms with Gasteiger partial charge in [0.1, 0.15) is 11.3 Å². The predicted octanol–water partition coefficient (Wildman–Crippen LogP) is -1.10. The quantitative estimate of drug-likeness (QED) is 0.193.